The molecule has 3 aromatic rings. The molecule has 5 nitrogen and oxygen atoms in total. The highest BCUT2D eigenvalue weighted by atomic mass is 16.5. The van der Waals surface area contributed by atoms with Crippen molar-refractivity contribution in [2.75, 3.05) is 13.2 Å². The minimum Gasteiger partial charge on any atom is -0.508 e. The summed E-state index contributed by atoms with van der Waals surface area (Å²) in [5.41, 5.74) is 3.27. The second-order valence-electron chi connectivity index (χ2n) is 6.78. The van der Waals surface area contributed by atoms with E-state index in [-0.39, 0.29) is 24.2 Å². The Hall–Kier alpha value is -3.47. The fourth-order valence-corrected chi connectivity index (χ4v) is 3.71. The highest BCUT2D eigenvalue weighted by molar-refractivity contribution is 5.68. The van der Waals surface area contributed by atoms with E-state index in [9.17, 15) is 9.90 Å². The van der Waals surface area contributed by atoms with Crippen LogP contribution in [0.25, 0.3) is 0 Å². The maximum atomic E-state index is 10.7. The van der Waals surface area contributed by atoms with Gasteiger partial charge < -0.3 is 19.7 Å². The third-order valence-corrected chi connectivity index (χ3v) is 4.98. The van der Waals surface area contributed by atoms with Crippen molar-refractivity contribution in [3.8, 4) is 17.2 Å². The molecule has 5 heteroatoms. The Balaban J connectivity index is 1.72. The molecule has 0 spiro atoms. The number of hydrogen-bond donors (Lipinski definition) is 2. The molecule has 0 aromatic heterocycles. The number of aliphatic carboxylic acids is 1. The van der Waals surface area contributed by atoms with E-state index in [4.69, 9.17) is 14.6 Å². The van der Waals surface area contributed by atoms with Crippen LogP contribution in [-0.4, -0.2) is 29.4 Å². The van der Waals surface area contributed by atoms with Gasteiger partial charge in [-0.3, -0.25) is 0 Å². The van der Waals surface area contributed by atoms with E-state index in [1.54, 1.807) is 24.3 Å². The minimum absolute atomic E-state index is 0.0419. The first-order valence-electron chi connectivity index (χ1n) is 9.07. The molecule has 0 saturated heterocycles. The van der Waals surface area contributed by atoms with Crippen molar-refractivity contribution in [2.45, 2.75) is 11.8 Å². The summed E-state index contributed by atoms with van der Waals surface area (Å²) in [6.07, 6.45) is 0. The van der Waals surface area contributed by atoms with Gasteiger partial charge in [0.1, 0.15) is 17.2 Å². The lowest BCUT2D eigenvalue weighted by Crippen LogP contribution is -2.25. The predicted octanol–water partition coefficient (Wildman–Crippen LogP) is 4.16. The highest BCUT2D eigenvalue weighted by Gasteiger charge is 2.33. The van der Waals surface area contributed by atoms with Gasteiger partial charge >= 0.3 is 5.97 Å². The topological polar surface area (TPSA) is 76.0 Å². The molecule has 2 unspecified atom stereocenters. The van der Waals surface area contributed by atoms with Crippen molar-refractivity contribution in [3.05, 3.63) is 89.5 Å². The Morgan fingerprint density at radius 1 is 1.00 bits per heavy atom. The lowest BCUT2D eigenvalue weighted by Gasteiger charge is -2.34. The van der Waals surface area contributed by atoms with Crippen molar-refractivity contribution >= 4 is 5.97 Å². The molecule has 0 aliphatic carbocycles. The zero-order chi connectivity index (χ0) is 19.5. The van der Waals surface area contributed by atoms with E-state index >= 15 is 0 Å². The number of phenols is 1. The van der Waals surface area contributed by atoms with Crippen LogP contribution in [-0.2, 0) is 4.79 Å². The molecule has 0 radical (unpaired) electrons. The smallest absolute Gasteiger partial charge is 0.341 e. The lowest BCUT2D eigenvalue weighted by atomic mass is 9.76. The minimum atomic E-state index is -1.01. The predicted molar refractivity (Wildman–Crippen MR) is 104 cm³/mol. The highest BCUT2D eigenvalue weighted by Crippen LogP contribution is 2.47. The molecule has 28 heavy (non-hydrogen) atoms. The zero-order valence-electron chi connectivity index (χ0n) is 15.1. The van der Waals surface area contributed by atoms with Crippen LogP contribution in [0.1, 0.15) is 28.5 Å². The first kappa shape index (κ1) is 17.9. The van der Waals surface area contributed by atoms with Crippen LogP contribution in [0.5, 0.6) is 17.2 Å². The van der Waals surface area contributed by atoms with Crippen LogP contribution in [0.2, 0.25) is 0 Å². The average Bonchev–Trinajstić information content (AvgIpc) is 2.72. The Bertz CT molecular complexity index is 966. The number of aromatic hydroxyl groups is 1. The number of hydrogen-bond acceptors (Lipinski definition) is 4. The Kier molecular flexibility index (Phi) is 4.89. The summed E-state index contributed by atoms with van der Waals surface area (Å²) in [6.45, 7) is 0.133. The molecule has 142 valence electrons. The summed E-state index contributed by atoms with van der Waals surface area (Å²) >= 11 is 0. The van der Waals surface area contributed by atoms with Crippen LogP contribution in [0, 0.1) is 0 Å². The monoisotopic (exact) mass is 376 g/mol. The van der Waals surface area contributed by atoms with E-state index in [2.05, 4.69) is 12.1 Å². The van der Waals surface area contributed by atoms with Crippen molar-refractivity contribution in [2.24, 2.45) is 0 Å². The number of fused-ring (bicyclic) bond motifs is 1. The lowest BCUT2D eigenvalue weighted by molar-refractivity contribution is -0.139. The number of carboxylic acid groups (broad SMARTS) is 1. The van der Waals surface area contributed by atoms with Gasteiger partial charge in [-0.1, -0.05) is 48.5 Å². The van der Waals surface area contributed by atoms with E-state index in [1.807, 2.05) is 36.4 Å². The Morgan fingerprint density at radius 2 is 1.75 bits per heavy atom. The molecule has 1 aliphatic rings. The standard InChI is InChI=1S/C23H20O5/c24-17-8-11-19-21(12-17)28-13-20(15-4-2-1-3-5-15)23(19)16-6-9-18(10-7-16)27-14-22(25)26/h1-12,20,23-24H,13-14H2,(H,25,26). The van der Waals surface area contributed by atoms with Crippen molar-refractivity contribution in [1.82, 2.24) is 0 Å². The van der Waals surface area contributed by atoms with Crippen molar-refractivity contribution in [3.63, 3.8) is 0 Å². The van der Waals surface area contributed by atoms with Gasteiger partial charge in [-0.2, -0.15) is 0 Å². The summed E-state index contributed by atoms with van der Waals surface area (Å²) in [4.78, 5) is 10.7. The molecule has 3 aromatic carbocycles. The van der Waals surface area contributed by atoms with E-state index in [1.165, 1.54) is 5.56 Å². The first-order chi connectivity index (χ1) is 13.6. The van der Waals surface area contributed by atoms with Gasteiger partial charge in [0.05, 0.1) is 6.61 Å². The fraction of sp³-hybridized carbons (Fsp3) is 0.174. The zero-order valence-corrected chi connectivity index (χ0v) is 15.1. The molecular weight excluding hydrogens is 356 g/mol. The average molecular weight is 376 g/mol. The number of rotatable bonds is 5. The Morgan fingerprint density at radius 3 is 2.46 bits per heavy atom. The maximum Gasteiger partial charge on any atom is 0.341 e. The quantitative estimate of drug-likeness (QED) is 0.699. The normalized spacial score (nSPS) is 18.0. The summed E-state index contributed by atoms with van der Waals surface area (Å²) in [5.74, 6) is 0.521. The maximum absolute atomic E-state index is 10.7. The van der Waals surface area contributed by atoms with Gasteiger partial charge in [0.2, 0.25) is 0 Å². The van der Waals surface area contributed by atoms with Gasteiger partial charge in [-0.25, -0.2) is 4.79 Å². The van der Waals surface area contributed by atoms with Crippen molar-refractivity contribution < 1.29 is 24.5 Å². The molecule has 0 saturated carbocycles. The third-order valence-electron chi connectivity index (χ3n) is 4.98. The Labute approximate surface area is 162 Å². The third kappa shape index (κ3) is 3.64. The van der Waals surface area contributed by atoms with E-state index in [0.29, 0.717) is 18.1 Å². The molecule has 0 amide bonds. The van der Waals surface area contributed by atoms with Crippen LogP contribution >= 0.6 is 0 Å². The fourth-order valence-electron chi connectivity index (χ4n) is 3.71. The first-order valence-corrected chi connectivity index (χ1v) is 9.07. The number of benzene rings is 3. The van der Waals surface area contributed by atoms with Gasteiger partial charge in [-0.15, -0.1) is 0 Å². The second-order valence-corrected chi connectivity index (χ2v) is 6.78. The summed E-state index contributed by atoms with van der Waals surface area (Å²) in [6, 6.07) is 22.9. The summed E-state index contributed by atoms with van der Waals surface area (Å²) in [7, 11) is 0. The van der Waals surface area contributed by atoms with E-state index < -0.39 is 5.97 Å². The largest absolute Gasteiger partial charge is 0.508 e. The van der Waals surface area contributed by atoms with Crippen LogP contribution in [0.15, 0.2) is 72.8 Å². The van der Waals surface area contributed by atoms with Gasteiger partial charge in [0, 0.05) is 23.5 Å². The molecule has 4 rings (SSSR count). The molecule has 1 heterocycles. The molecule has 0 fully saturated rings. The van der Waals surface area contributed by atoms with Gasteiger partial charge in [0.25, 0.3) is 0 Å². The van der Waals surface area contributed by atoms with Crippen LogP contribution < -0.4 is 9.47 Å². The van der Waals surface area contributed by atoms with Crippen LogP contribution in [0.4, 0.5) is 0 Å². The second kappa shape index (κ2) is 7.64. The molecule has 0 bridgehead atoms. The van der Waals surface area contributed by atoms with Crippen LogP contribution in [0.3, 0.4) is 0 Å². The molecular formula is C23H20O5. The molecule has 2 N–H and O–H groups in total. The number of ether oxygens (including phenoxy) is 2. The van der Waals surface area contributed by atoms with Gasteiger partial charge in [0.15, 0.2) is 6.61 Å². The van der Waals surface area contributed by atoms with Crippen molar-refractivity contribution in [1.29, 1.82) is 0 Å². The number of carbonyl (C=O) groups is 1. The van der Waals surface area contributed by atoms with Gasteiger partial charge in [-0.05, 0) is 29.3 Å². The number of carboxylic acids is 1. The molecule has 1 aliphatic heterocycles. The SMILES string of the molecule is O=C(O)COc1ccc(C2c3ccc(O)cc3OCC2c2ccccc2)cc1. The van der Waals surface area contributed by atoms with E-state index in [0.717, 1.165) is 11.1 Å². The number of phenolic OH excluding ortho intramolecular Hbond substituents is 1. The summed E-state index contributed by atoms with van der Waals surface area (Å²) < 4.78 is 11.2. The summed E-state index contributed by atoms with van der Waals surface area (Å²) in [5, 5.41) is 18.6. The molecule has 2 atom stereocenters.